The Kier molecular flexibility index (Phi) is 3.75. The van der Waals surface area contributed by atoms with Crippen molar-refractivity contribution >= 4 is 15.2 Å². The lowest BCUT2D eigenvalue weighted by Crippen LogP contribution is -2.30. The largest absolute Gasteiger partial charge is 0.480 e. The highest BCUT2D eigenvalue weighted by Gasteiger charge is 2.07. The van der Waals surface area contributed by atoms with Crippen LogP contribution in [-0.2, 0) is 4.79 Å². The summed E-state index contributed by atoms with van der Waals surface area (Å²) in [5, 5.41) is 8.18. The lowest BCUT2D eigenvalue weighted by Gasteiger charge is -2.00. The highest BCUT2D eigenvalue weighted by atomic mass is 31.0. The molecule has 0 heterocycles. The van der Waals surface area contributed by atoms with Crippen molar-refractivity contribution in [2.45, 2.75) is 12.5 Å². The Morgan fingerprint density at radius 3 is 2.50 bits per heavy atom. The van der Waals surface area contributed by atoms with Gasteiger partial charge in [0.25, 0.3) is 0 Å². The van der Waals surface area contributed by atoms with Crippen LogP contribution in [0.15, 0.2) is 0 Å². The molecule has 0 amide bonds. The molecule has 0 aliphatic heterocycles. The summed E-state index contributed by atoms with van der Waals surface area (Å²) in [6.07, 6.45) is 1.27. The average Bonchev–Trinajstić information content (AvgIpc) is 1.67. The molecule has 0 bridgehead atoms. The molecule has 3 N–H and O–H groups in total. The van der Waals surface area contributed by atoms with Gasteiger partial charge in [0.1, 0.15) is 6.04 Å². The van der Waals surface area contributed by atoms with Crippen molar-refractivity contribution in [3.63, 3.8) is 0 Å². The molecule has 48 valence electrons. The zero-order chi connectivity index (χ0) is 6.57. The first-order valence-electron chi connectivity index (χ1n) is 2.37. The molecule has 0 aliphatic rings. The summed E-state index contributed by atoms with van der Waals surface area (Å²) in [7, 11) is 2.43. The SMILES string of the molecule is NC(CCP)C(=O)O. The standard InChI is InChI=1S/C4H10NO2P/c5-3(1-2-8)4(6)7/h3H,1-2,5,8H2,(H,6,7). The highest BCUT2D eigenvalue weighted by Crippen LogP contribution is 1.91. The Bertz CT molecular complexity index is 86.1. The maximum Gasteiger partial charge on any atom is 0.320 e. The monoisotopic (exact) mass is 135 g/mol. The summed E-state index contributed by atoms with van der Waals surface area (Å²) in [4.78, 5) is 9.95. The van der Waals surface area contributed by atoms with Crippen LogP contribution in [0.3, 0.4) is 0 Å². The van der Waals surface area contributed by atoms with Crippen LogP contribution < -0.4 is 5.73 Å². The van der Waals surface area contributed by atoms with E-state index in [2.05, 4.69) is 9.24 Å². The van der Waals surface area contributed by atoms with Gasteiger partial charge in [-0.05, 0) is 12.6 Å². The third-order valence-electron chi connectivity index (χ3n) is 0.795. The molecule has 0 rings (SSSR count). The summed E-state index contributed by atoms with van der Waals surface area (Å²) < 4.78 is 0. The highest BCUT2D eigenvalue weighted by molar-refractivity contribution is 7.16. The van der Waals surface area contributed by atoms with E-state index < -0.39 is 12.0 Å². The van der Waals surface area contributed by atoms with Crippen molar-refractivity contribution in [1.29, 1.82) is 0 Å². The van der Waals surface area contributed by atoms with Crippen molar-refractivity contribution in [3.05, 3.63) is 0 Å². The second kappa shape index (κ2) is 3.81. The number of carboxylic acid groups (broad SMARTS) is 1. The summed E-state index contributed by atoms with van der Waals surface area (Å²) in [5.74, 6) is -0.924. The fourth-order valence-electron chi connectivity index (χ4n) is 0.303. The summed E-state index contributed by atoms with van der Waals surface area (Å²) >= 11 is 0. The minimum atomic E-state index is -0.924. The number of rotatable bonds is 3. The third kappa shape index (κ3) is 2.94. The maximum absolute atomic E-state index is 9.95. The van der Waals surface area contributed by atoms with Gasteiger partial charge in [-0.25, -0.2) is 0 Å². The van der Waals surface area contributed by atoms with E-state index in [1.807, 2.05) is 0 Å². The van der Waals surface area contributed by atoms with Crippen LogP contribution in [0.5, 0.6) is 0 Å². The van der Waals surface area contributed by atoms with Crippen LogP contribution in [0.1, 0.15) is 6.42 Å². The van der Waals surface area contributed by atoms with Crippen LogP contribution in [-0.4, -0.2) is 23.3 Å². The second-order valence-electron chi connectivity index (χ2n) is 1.52. The molecule has 0 aromatic heterocycles. The number of carbonyl (C=O) groups is 1. The quantitative estimate of drug-likeness (QED) is 0.520. The predicted molar refractivity (Wildman–Crippen MR) is 34.8 cm³/mol. The number of hydrogen-bond donors (Lipinski definition) is 2. The van der Waals surface area contributed by atoms with Gasteiger partial charge in [0, 0.05) is 0 Å². The molecule has 4 heteroatoms. The minimum absolute atomic E-state index is 0.528. The first kappa shape index (κ1) is 7.86. The van der Waals surface area contributed by atoms with Gasteiger partial charge in [0.2, 0.25) is 0 Å². The van der Waals surface area contributed by atoms with E-state index in [0.29, 0.717) is 6.42 Å². The van der Waals surface area contributed by atoms with E-state index in [4.69, 9.17) is 10.8 Å². The summed E-state index contributed by atoms with van der Waals surface area (Å²) in [5.41, 5.74) is 5.11. The Labute approximate surface area is 50.5 Å². The Hall–Kier alpha value is -0.140. The number of carboxylic acids is 1. The van der Waals surface area contributed by atoms with Crippen molar-refractivity contribution in [2.75, 3.05) is 6.16 Å². The fourth-order valence-corrected chi connectivity index (χ4v) is 0.662. The molecular formula is C4H10NO2P. The second-order valence-corrected chi connectivity index (χ2v) is 2.10. The molecule has 0 aromatic rings. The lowest BCUT2D eigenvalue weighted by molar-refractivity contribution is -0.138. The molecular weight excluding hydrogens is 125 g/mol. The normalized spacial score (nSPS) is 13.2. The molecule has 0 saturated heterocycles. The van der Waals surface area contributed by atoms with Crippen LogP contribution >= 0.6 is 9.24 Å². The molecule has 3 nitrogen and oxygen atoms in total. The van der Waals surface area contributed by atoms with E-state index in [0.717, 1.165) is 6.16 Å². The van der Waals surface area contributed by atoms with E-state index in [1.165, 1.54) is 0 Å². The topological polar surface area (TPSA) is 63.3 Å². The third-order valence-corrected chi connectivity index (χ3v) is 1.13. The van der Waals surface area contributed by atoms with E-state index >= 15 is 0 Å². The first-order valence-corrected chi connectivity index (χ1v) is 3.18. The van der Waals surface area contributed by atoms with E-state index in [-0.39, 0.29) is 0 Å². The molecule has 0 aromatic carbocycles. The summed E-state index contributed by atoms with van der Waals surface area (Å²) in [6, 6.07) is -0.688. The van der Waals surface area contributed by atoms with Gasteiger partial charge in [0.15, 0.2) is 0 Å². The van der Waals surface area contributed by atoms with Gasteiger partial charge in [-0.3, -0.25) is 4.79 Å². The van der Waals surface area contributed by atoms with Crippen LogP contribution in [0.25, 0.3) is 0 Å². The predicted octanol–water partition coefficient (Wildman–Crippen LogP) is -0.337. The molecule has 2 unspecified atom stereocenters. The Morgan fingerprint density at radius 2 is 2.38 bits per heavy atom. The zero-order valence-corrected chi connectivity index (χ0v) is 5.66. The van der Waals surface area contributed by atoms with Crippen LogP contribution in [0.2, 0.25) is 0 Å². The molecule has 0 spiro atoms. The van der Waals surface area contributed by atoms with Gasteiger partial charge in [-0.15, -0.1) is 9.24 Å². The molecule has 0 radical (unpaired) electrons. The smallest absolute Gasteiger partial charge is 0.320 e. The molecule has 0 fully saturated rings. The van der Waals surface area contributed by atoms with Gasteiger partial charge >= 0.3 is 5.97 Å². The minimum Gasteiger partial charge on any atom is -0.480 e. The van der Waals surface area contributed by atoms with Crippen LogP contribution in [0, 0.1) is 0 Å². The molecule has 8 heavy (non-hydrogen) atoms. The van der Waals surface area contributed by atoms with Gasteiger partial charge in [-0.1, -0.05) is 0 Å². The molecule has 2 atom stereocenters. The summed E-state index contributed by atoms with van der Waals surface area (Å²) in [6.45, 7) is 0. The average molecular weight is 135 g/mol. The lowest BCUT2D eigenvalue weighted by atomic mass is 10.2. The van der Waals surface area contributed by atoms with E-state index in [9.17, 15) is 4.79 Å². The van der Waals surface area contributed by atoms with Crippen molar-refractivity contribution in [1.82, 2.24) is 0 Å². The number of nitrogens with two attached hydrogens (primary N) is 1. The van der Waals surface area contributed by atoms with Crippen molar-refractivity contribution in [3.8, 4) is 0 Å². The van der Waals surface area contributed by atoms with Crippen molar-refractivity contribution in [2.24, 2.45) is 5.73 Å². The molecule has 0 aliphatic carbocycles. The fraction of sp³-hybridized carbons (Fsp3) is 0.750. The Balaban J connectivity index is 3.32. The number of hydrogen-bond acceptors (Lipinski definition) is 2. The Morgan fingerprint density at radius 1 is 1.88 bits per heavy atom. The van der Waals surface area contributed by atoms with E-state index in [1.54, 1.807) is 0 Å². The van der Waals surface area contributed by atoms with Crippen LogP contribution in [0.4, 0.5) is 0 Å². The number of aliphatic carboxylic acids is 1. The maximum atomic E-state index is 9.95. The van der Waals surface area contributed by atoms with Gasteiger partial charge < -0.3 is 10.8 Å². The zero-order valence-electron chi connectivity index (χ0n) is 4.50. The molecule has 0 saturated carbocycles. The van der Waals surface area contributed by atoms with Gasteiger partial charge in [-0.2, -0.15) is 0 Å². The van der Waals surface area contributed by atoms with Gasteiger partial charge in [0.05, 0.1) is 0 Å². The first-order chi connectivity index (χ1) is 3.68. The van der Waals surface area contributed by atoms with Crippen molar-refractivity contribution < 1.29 is 9.90 Å².